The lowest BCUT2D eigenvalue weighted by atomic mass is 10.1. The first-order valence-corrected chi connectivity index (χ1v) is 4.61. The fourth-order valence-corrected chi connectivity index (χ4v) is 1.43. The fraction of sp³-hybridized carbons (Fsp3) is 0.364. The number of carboxylic acids is 1. The molecule has 0 radical (unpaired) electrons. The minimum Gasteiger partial charge on any atom is -0.493 e. The summed E-state index contributed by atoms with van der Waals surface area (Å²) in [6.45, 7) is 0.320. The van der Waals surface area contributed by atoms with Crippen molar-refractivity contribution in [2.45, 2.75) is 6.61 Å². The molecule has 0 amide bonds. The summed E-state index contributed by atoms with van der Waals surface area (Å²) < 4.78 is 15.0. The maximum atomic E-state index is 11.0. The molecule has 0 aliphatic rings. The number of hydrogen-bond acceptors (Lipinski definition) is 4. The average molecular weight is 226 g/mol. The van der Waals surface area contributed by atoms with E-state index in [1.807, 2.05) is 0 Å². The molecule has 0 heterocycles. The second kappa shape index (κ2) is 5.37. The molecule has 0 spiro atoms. The molecule has 5 nitrogen and oxygen atoms in total. The Kier molecular flexibility index (Phi) is 4.13. The van der Waals surface area contributed by atoms with E-state index in [1.54, 1.807) is 6.07 Å². The molecule has 1 aromatic rings. The summed E-state index contributed by atoms with van der Waals surface area (Å²) in [6, 6.07) is 3.20. The lowest BCUT2D eigenvalue weighted by molar-refractivity contribution is 0.0692. The van der Waals surface area contributed by atoms with Crippen molar-refractivity contribution in [3.63, 3.8) is 0 Å². The third kappa shape index (κ3) is 2.43. The standard InChI is InChI=1S/C11H14O5/c1-14-6-7-4-8(11(12)13)10(16-3)9(5-7)15-2/h4-5H,6H2,1-3H3,(H,12,13). The first-order valence-electron chi connectivity index (χ1n) is 4.61. The SMILES string of the molecule is COCc1cc(OC)c(OC)c(C(=O)O)c1. The Bertz CT molecular complexity index is 386. The zero-order chi connectivity index (χ0) is 12.1. The van der Waals surface area contributed by atoms with Gasteiger partial charge in [0, 0.05) is 7.11 Å². The summed E-state index contributed by atoms with van der Waals surface area (Å²) >= 11 is 0. The molecule has 1 N–H and O–H groups in total. The van der Waals surface area contributed by atoms with Gasteiger partial charge in [0.1, 0.15) is 5.56 Å². The van der Waals surface area contributed by atoms with Crippen LogP contribution in [0.3, 0.4) is 0 Å². The molecule has 16 heavy (non-hydrogen) atoms. The first kappa shape index (κ1) is 12.3. The Morgan fingerprint density at radius 2 is 1.94 bits per heavy atom. The average Bonchev–Trinajstić information content (AvgIpc) is 2.28. The van der Waals surface area contributed by atoms with Crippen molar-refractivity contribution in [1.82, 2.24) is 0 Å². The van der Waals surface area contributed by atoms with Crippen LogP contribution < -0.4 is 9.47 Å². The number of ether oxygens (including phenoxy) is 3. The minimum absolute atomic E-state index is 0.0638. The highest BCUT2D eigenvalue weighted by Crippen LogP contribution is 2.32. The fourth-order valence-electron chi connectivity index (χ4n) is 1.43. The molecular weight excluding hydrogens is 212 g/mol. The van der Waals surface area contributed by atoms with Crippen LogP contribution in [0.25, 0.3) is 0 Å². The summed E-state index contributed by atoms with van der Waals surface area (Å²) in [7, 11) is 4.40. The maximum absolute atomic E-state index is 11.0. The smallest absolute Gasteiger partial charge is 0.339 e. The molecule has 88 valence electrons. The van der Waals surface area contributed by atoms with E-state index in [1.165, 1.54) is 27.4 Å². The van der Waals surface area contributed by atoms with Gasteiger partial charge in [-0.25, -0.2) is 4.79 Å². The summed E-state index contributed by atoms with van der Waals surface area (Å²) in [5, 5.41) is 9.03. The van der Waals surface area contributed by atoms with Crippen molar-refractivity contribution in [3.05, 3.63) is 23.3 Å². The van der Waals surface area contributed by atoms with E-state index in [4.69, 9.17) is 19.3 Å². The minimum atomic E-state index is -1.06. The lowest BCUT2D eigenvalue weighted by Crippen LogP contribution is -2.04. The third-order valence-corrected chi connectivity index (χ3v) is 2.08. The Balaban J connectivity index is 3.31. The normalized spacial score (nSPS) is 9.94. The summed E-state index contributed by atoms with van der Waals surface area (Å²) in [5.74, 6) is -0.461. The van der Waals surface area contributed by atoms with Crippen molar-refractivity contribution in [1.29, 1.82) is 0 Å². The zero-order valence-electron chi connectivity index (χ0n) is 9.44. The van der Waals surface area contributed by atoms with Crippen molar-refractivity contribution < 1.29 is 24.1 Å². The molecule has 1 rings (SSSR count). The van der Waals surface area contributed by atoms with Crippen LogP contribution in [0.1, 0.15) is 15.9 Å². The number of carbonyl (C=O) groups is 1. The third-order valence-electron chi connectivity index (χ3n) is 2.08. The molecule has 5 heteroatoms. The van der Waals surface area contributed by atoms with Gasteiger partial charge in [0.25, 0.3) is 0 Å². The summed E-state index contributed by atoms with van der Waals surface area (Å²) in [4.78, 5) is 11.0. The first-order chi connectivity index (χ1) is 7.63. The van der Waals surface area contributed by atoms with Gasteiger partial charge < -0.3 is 19.3 Å². The Morgan fingerprint density at radius 1 is 1.25 bits per heavy atom. The van der Waals surface area contributed by atoms with Crippen LogP contribution in [0, 0.1) is 0 Å². The van der Waals surface area contributed by atoms with Gasteiger partial charge >= 0.3 is 5.97 Å². The molecule has 0 saturated carbocycles. The molecule has 1 aromatic carbocycles. The molecule has 0 saturated heterocycles. The number of carboxylic acid groups (broad SMARTS) is 1. The lowest BCUT2D eigenvalue weighted by Gasteiger charge is -2.12. The van der Waals surface area contributed by atoms with Crippen LogP contribution in [0.2, 0.25) is 0 Å². The molecule has 0 atom stereocenters. The van der Waals surface area contributed by atoms with Crippen molar-refractivity contribution in [2.24, 2.45) is 0 Å². The van der Waals surface area contributed by atoms with E-state index < -0.39 is 5.97 Å². The Labute approximate surface area is 93.6 Å². The highest BCUT2D eigenvalue weighted by atomic mass is 16.5. The van der Waals surface area contributed by atoms with Crippen molar-refractivity contribution in [3.8, 4) is 11.5 Å². The predicted molar refractivity (Wildman–Crippen MR) is 57.2 cm³/mol. The van der Waals surface area contributed by atoms with Gasteiger partial charge in [-0.1, -0.05) is 0 Å². The molecule has 0 unspecified atom stereocenters. The number of rotatable bonds is 5. The predicted octanol–water partition coefficient (Wildman–Crippen LogP) is 1.55. The van der Waals surface area contributed by atoms with E-state index in [0.717, 1.165) is 5.56 Å². The van der Waals surface area contributed by atoms with Gasteiger partial charge in [-0.05, 0) is 17.7 Å². The Hall–Kier alpha value is -1.75. The van der Waals surface area contributed by atoms with Crippen LogP contribution in [-0.2, 0) is 11.3 Å². The molecular formula is C11H14O5. The zero-order valence-corrected chi connectivity index (χ0v) is 9.44. The highest BCUT2D eigenvalue weighted by molar-refractivity contribution is 5.92. The van der Waals surface area contributed by atoms with E-state index in [-0.39, 0.29) is 11.3 Å². The molecule has 0 aliphatic carbocycles. The van der Waals surface area contributed by atoms with Gasteiger partial charge in [0.2, 0.25) is 0 Å². The van der Waals surface area contributed by atoms with Gasteiger partial charge in [-0.15, -0.1) is 0 Å². The van der Waals surface area contributed by atoms with Crippen molar-refractivity contribution >= 4 is 5.97 Å². The second-order valence-electron chi connectivity index (χ2n) is 3.12. The summed E-state index contributed by atoms with van der Waals surface area (Å²) in [5.41, 5.74) is 0.784. The summed E-state index contributed by atoms with van der Waals surface area (Å²) in [6.07, 6.45) is 0. The monoisotopic (exact) mass is 226 g/mol. The van der Waals surface area contributed by atoms with E-state index in [2.05, 4.69) is 0 Å². The van der Waals surface area contributed by atoms with Crippen LogP contribution in [-0.4, -0.2) is 32.4 Å². The number of hydrogen-bond donors (Lipinski definition) is 1. The molecule has 0 bridgehead atoms. The number of benzene rings is 1. The van der Waals surface area contributed by atoms with Gasteiger partial charge in [0.05, 0.1) is 20.8 Å². The topological polar surface area (TPSA) is 65.0 Å². The molecule has 0 aliphatic heterocycles. The van der Waals surface area contributed by atoms with Crippen LogP contribution in [0.5, 0.6) is 11.5 Å². The quantitative estimate of drug-likeness (QED) is 0.825. The van der Waals surface area contributed by atoms with Crippen LogP contribution in [0.4, 0.5) is 0 Å². The van der Waals surface area contributed by atoms with Crippen LogP contribution >= 0.6 is 0 Å². The number of methoxy groups -OCH3 is 3. The largest absolute Gasteiger partial charge is 0.493 e. The van der Waals surface area contributed by atoms with Gasteiger partial charge in [0.15, 0.2) is 11.5 Å². The van der Waals surface area contributed by atoms with E-state index in [0.29, 0.717) is 12.4 Å². The van der Waals surface area contributed by atoms with Crippen LogP contribution in [0.15, 0.2) is 12.1 Å². The van der Waals surface area contributed by atoms with E-state index >= 15 is 0 Å². The van der Waals surface area contributed by atoms with E-state index in [9.17, 15) is 4.79 Å². The number of aromatic carboxylic acids is 1. The Morgan fingerprint density at radius 3 is 2.38 bits per heavy atom. The second-order valence-corrected chi connectivity index (χ2v) is 3.12. The molecule has 0 aromatic heterocycles. The maximum Gasteiger partial charge on any atom is 0.339 e. The van der Waals surface area contributed by atoms with Crippen molar-refractivity contribution in [2.75, 3.05) is 21.3 Å². The van der Waals surface area contributed by atoms with Gasteiger partial charge in [-0.3, -0.25) is 0 Å². The highest BCUT2D eigenvalue weighted by Gasteiger charge is 2.17. The molecule has 0 fully saturated rings. The van der Waals surface area contributed by atoms with Gasteiger partial charge in [-0.2, -0.15) is 0 Å².